The summed E-state index contributed by atoms with van der Waals surface area (Å²) >= 11 is 19.4. The smallest absolute Gasteiger partial charge is 0.266 e. The van der Waals surface area contributed by atoms with Crippen LogP contribution in [0.3, 0.4) is 0 Å². The number of carbonyl (C=O) groups excluding carboxylic acids is 1. The van der Waals surface area contributed by atoms with Crippen LogP contribution in [0.25, 0.3) is 6.08 Å². The molecule has 1 amide bonds. The third-order valence-electron chi connectivity index (χ3n) is 5.16. The monoisotopic (exact) mass is 509 g/mol. The zero-order chi connectivity index (χ0) is 22.7. The fourth-order valence-corrected chi connectivity index (χ4v) is 5.27. The van der Waals surface area contributed by atoms with Crippen molar-refractivity contribution >= 4 is 63.5 Å². The molecule has 5 nitrogen and oxygen atoms in total. The third-order valence-corrected chi connectivity index (χ3v) is 7.19. The lowest BCUT2D eigenvalue weighted by molar-refractivity contribution is -0.123. The van der Waals surface area contributed by atoms with E-state index >= 15 is 0 Å². The largest absolute Gasteiger partial charge is 0.493 e. The number of amides is 1. The van der Waals surface area contributed by atoms with Gasteiger partial charge in [-0.25, -0.2) is 0 Å². The number of benzene rings is 2. The molecule has 4 rings (SSSR count). The Morgan fingerprint density at radius 3 is 2.81 bits per heavy atom. The Kier molecular flexibility index (Phi) is 7.63. The Morgan fingerprint density at radius 1 is 1.28 bits per heavy atom. The Hall–Kier alpha value is -1.77. The molecule has 2 aliphatic heterocycles. The van der Waals surface area contributed by atoms with Gasteiger partial charge in [0.2, 0.25) is 0 Å². The SMILES string of the molecule is COc1cc(/C=C2\SC(=S)N(C[C@H]3CCCO3)C2=O)cc(Cl)c1OCc1ccccc1Cl. The number of hydrogen-bond donors (Lipinski definition) is 0. The van der Waals surface area contributed by atoms with Gasteiger partial charge in [-0.1, -0.05) is 65.4 Å². The minimum absolute atomic E-state index is 0.0425. The highest BCUT2D eigenvalue weighted by Gasteiger charge is 2.34. The van der Waals surface area contributed by atoms with E-state index in [4.69, 9.17) is 49.6 Å². The number of thiocarbonyl (C=S) groups is 1. The van der Waals surface area contributed by atoms with Crippen LogP contribution in [-0.2, 0) is 16.1 Å². The molecule has 2 aromatic rings. The molecule has 0 aliphatic carbocycles. The van der Waals surface area contributed by atoms with Crippen LogP contribution < -0.4 is 9.47 Å². The first kappa shape index (κ1) is 23.4. The average Bonchev–Trinajstić information content (AvgIpc) is 3.38. The maximum Gasteiger partial charge on any atom is 0.266 e. The zero-order valence-corrected chi connectivity index (χ0v) is 20.5. The summed E-state index contributed by atoms with van der Waals surface area (Å²) in [5, 5.41) is 0.988. The van der Waals surface area contributed by atoms with Crippen LogP contribution in [0.4, 0.5) is 0 Å². The fourth-order valence-electron chi connectivity index (χ4n) is 3.53. The highest BCUT2D eigenvalue weighted by atomic mass is 35.5. The molecular formula is C23H21Cl2NO4S2. The van der Waals surface area contributed by atoms with Crippen molar-refractivity contribution in [1.29, 1.82) is 0 Å². The van der Waals surface area contributed by atoms with Gasteiger partial charge in [-0.3, -0.25) is 9.69 Å². The molecular weight excluding hydrogens is 489 g/mol. The first-order chi connectivity index (χ1) is 15.5. The molecule has 0 unspecified atom stereocenters. The fraction of sp³-hybridized carbons (Fsp3) is 0.304. The molecule has 2 aliphatic rings. The lowest BCUT2D eigenvalue weighted by Crippen LogP contribution is -2.35. The molecule has 168 valence electrons. The molecule has 1 atom stereocenters. The summed E-state index contributed by atoms with van der Waals surface area (Å²) in [6.45, 7) is 1.47. The Bertz CT molecular complexity index is 1070. The van der Waals surface area contributed by atoms with Gasteiger partial charge >= 0.3 is 0 Å². The van der Waals surface area contributed by atoms with Crippen molar-refractivity contribution in [2.75, 3.05) is 20.3 Å². The van der Waals surface area contributed by atoms with Crippen molar-refractivity contribution in [2.24, 2.45) is 0 Å². The second-order valence-corrected chi connectivity index (χ2v) is 9.83. The van der Waals surface area contributed by atoms with Crippen molar-refractivity contribution in [3.8, 4) is 11.5 Å². The van der Waals surface area contributed by atoms with E-state index in [-0.39, 0.29) is 18.6 Å². The summed E-state index contributed by atoms with van der Waals surface area (Å²) in [5.74, 6) is 0.757. The number of ether oxygens (including phenoxy) is 3. The van der Waals surface area contributed by atoms with E-state index < -0.39 is 0 Å². The molecule has 0 radical (unpaired) electrons. The van der Waals surface area contributed by atoms with E-state index in [0.717, 1.165) is 30.6 Å². The summed E-state index contributed by atoms with van der Waals surface area (Å²) < 4.78 is 17.6. The van der Waals surface area contributed by atoms with Crippen molar-refractivity contribution < 1.29 is 19.0 Å². The second-order valence-electron chi connectivity index (χ2n) is 7.34. The van der Waals surface area contributed by atoms with E-state index in [0.29, 0.717) is 37.3 Å². The van der Waals surface area contributed by atoms with Crippen molar-refractivity contribution in [3.05, 3.63) is 62.5 Å². The van der Waals surface area contributed by atoms with Gasteiger partial charge in [0.1, 0.15) is 10.9 Å². The van der Waals surface area contributed by atoms with Gasteiger partial charge in [-0.2, -0.15) is 0 Å². The van der Waals surface area contributed by atoms with Gasteiger partial charge in [0.05, 0.1) is 29.7 Å². The van der Waals surface area contributed by atoms with Crippen LogP contribution >= 0.6 is 47.2 Å². The second kappa shape index (κ2) is 10.4. The third kappa shape index (κ3) is 5.24. The molecule has 2 saturated heterocycles. The first-order valence-electron chi connectivity index (χ1n) is 10.1. The highest BCUT2D eigenvalue weighted by molar-refractivity contribution is 8.26. The standard InChI is InChI=1S/C23H21Cl2NO4S2/c1-28-19-10-14(9-18(25)21(19)30-13-15-5-2-3-7-17(15)24)11-20-22(27)26(23(31)32-20)12-16-6-4-8-29-16/h2-3,5,7,9-11,16H,4,6,8,12-13H2,1H3/b20-11-/t16-/m1/s1. The highest BCUT2D eigenvalue weighted by Crippen LogP contribution is 2.39. The van der Waals surface area contributed by atoms with Crippen LogP contribution in [0, 0.1) is 0 Å². The number of carbonyl (C=O) groups is 1. The van der Waals surface area contributed by atoms with Gasteiger partial charge in [-0.05, 0) is 42.7 Å². The maximum absolute atomic E-state index is 12.9. The van der Waals surface area contributed by atoms with Crippen molar-refractivity contribution in [2.45, 2.75) is 25.6 Å². The number of methoxy groups -OCH3 is 1. The van der Waals surface area contributed by atoms with Crippen LogP contribution in [0.2, 0.25) is 10.0 Å². The van der Waals surface area contributed by atoms with E-state index in [2.05, 4.69) is 0 Å². The molecule has 2 aromatic carbocycles. The zero-order valence-electron chi connectivity index (χ0n) is 17.3. The summed E-state index contributed by atoms with van der Waals surface area (Å²) in [5.41, 5.74) is 1.56. The van der Waals surface area contributed by atoms with Crippen LogP contribution in [-0.4, -0.2) is 41.5 Å². The van der Waals surface area contributed by atoms with E-state index in [1.165, 1.54) is 11.8 Å². The number of halogens is 2. The number of nitrogens with zero attached hydrogens (tertiary/aromatic N) is 1. The average molecular weight is 510 g/mol. The lowest BCUT2D eigenvalue weighted by atomic mass is 10.1. The Balaban J connectivity index is 1.52. The number of hydrogen-bond acceptors (Lipinski definition) is 6. The number of thioether (sulfide) groups is 1. The molecule has 32 heavy (non-hydrogen) atoms. The van der Waals surface area contributed by atoms with Gasteiger partial charge in [0.15, 0.2) is 11.5 Å². The Morgan fingerprint density at radius 2 is 2.09 bits per heavy atom. The van der Waals surface area contributed by atoms with Crippen LogP contribution in [0.15, 0.2) is 41.3 Å². The van der Waals surface area contributed by atoms with Crippen LogP contribution in [0.5, 0.6) is 11.5 Å². The quantitative estimate of drug-likeness (QED) is 0.338. The van der Waals surface area contributed by atoms with Gasteiger partial charge < -0.3 is 14.2 Å². The van der Waals surface area contributed by atoms with Gasteiger partial charge in [-0.15, -0.1) is 0 Å². The Labute approximate surface area is 206 Å². The molecule has 2 fully saturated rings. The molecule has 2 heterocycles. The summed E-state index contributed by atoms with van der Waals surface area (Å²) in [6.07, 6.45) is 3.76. The molecule has 0 N–H and O–H groups in total. The molecule has 0 bridgehead atoms. The van der Waals surface area contributed by atoms with E-state index in [1.807, 2.05) is 18.2 Å². The van der Waals surface area contributed by atoms with Crippen molar-refractivity contribution in [3.63, 3.8) is 0 Å². The summed E-state index contributed by atoms with van der Waals surface area (Å²) in [6, 6.07) is 10.9. The van der Waals surface area contributed by atoms with Gasteiger partial charge in [0, 0.05) is 17.2 Å². The van der Waals surface area contributed by atoms with E-state index in [9.17, 15) is 4.79 Å². The summed E-state index contributed by atoms with van der Waals surface area (Å²) in [4.78, 5) is 15.0. The van der Waals surface area contributed by atoms with Crippen molar-refractivity contribution in [1.82, 2.24) is 4.90 Å². The molecule has 0 spiro atoms. The topological polar surface area (TPSA) is 48.0 Å². The van der Waals surface area contributed by atoms with Gasteiger partial charge in [0.25, 0.3) is 5.91 Å². The predicted molar refractivity (Wildman–Crippen MR) is 133 cm³/mol. The normalized spacial score (nSPS) is 19.8. The molecule has 9 heteroatoms. The number of rotatable bonds is 7. The maximum atomic E-state index is 12.9. The predicted octanol–water partition coefficient (Wildman–Crippen LogP) is 5.96. The lowest BCUT2D eigenvalue weighted by Gasteiger charge is -2.18. The molecule has 0 saturated carbocycles. The van der Waals surface area contributed by atoms with Crippen LogP contribution in [0.1, 0.15) is 24.0 Å². The minimum Gasteiger partial charge on any atom is -0.493 e. The van der Waals surface area contributed by atoms with E-state index in [1.54, 1.807) is 36.3 Å². The minimum atomic E-state index is -0.121. The summed E-state index contributed by atoms with van der Waals surface area (Å²) in [7, 11) is 1.54. The first-order valence-corrected chi connectivity index (χ1v) is 12.0. The molecule has 0 aromatic heterocycles.